The van der Waals surface area contributed by atoms with Crippen molar-refractivity contribution >= 4 is 0 Å². The molecule has 2 heteroatoms. The van der Waals surface area contributed by atoms with Crippen molar-refractivity contribution in [2.45, 2.75) is 25.4 Å². The lowest BCUT2D eigenvalue weighted by Crippen LogP contribution is -2.15. The molecule has 1 heterocycles. The summed E-state index contributed by atoms with van der Waals surface area (Å²) >= 11 is 0. The molecule has 1 saturated heterocycles. The molecule has 1 atom stereocenters. The van der Waals surface area contributed by atoms with Gasteiger partial charge in [0.1, 0.15) is 0 Å². The number of allylic oxidation sites excluding steroid dienone is 2. The van der Waals surface area contributed by atoms with E-state index in [1.54, 1.807) is 18.2 Å². The standard InChI is InChI=1S/C14H16O2/c15-12-8-5-3-1-2-4-6-10-14-11-7-9-13-16-14/h5-6,8,10,14-15H,7,9,11-13H2/t14-/m1/s1. The Morgan fingerprint density at radius 2 is 2.00 bits per heavy atom. The highest BCUT2D eigenvalue weighted by molar-refractivity contribution is 5.34. The molecule has 0 aromatic rings. The zero-order chi connectivity index (χ0) is 11.5. The van der Waals surface area contributed by atoms with E-state index >= 15 is 0 Å². The van der Waals surface area contributed by atoms with E-state index in [0.29, 0.717) is 0 Å². The van der Waals surface area contributed by atoms with Gasteiger partial charge < -0.3 is 9.84 Å². The van der Waals surface area contributed by atoms with Crippen molar-refractivity contribution in [2.24, 2.45) is 0 Å². The van der Waals surface area contributed by atoms with Crippen molar-refractivity contribution in [3.63, 3.8) is 0 Å². The first kappa shape index (κ1) is 12.6. The van der Waals surface area contributed by atoms with E-state index in [1.165, 1.54) is 12.8 Å². The fraction of sp³-hybridized carbons (Fsp3) is 0.429. The second kappa shape index (κ2) is 8.80. The van der Waals surface area contributed by atoms with Crippen LogP contribution in [0.5, 0.6) is 0 Å². The quantitative estimate of drug-likeness (QED) is 0.711. The lowest BCUT2D eigenvalue weighted by atomic mass is 10.1. The van der Waals surface area contributed by atoms with Gasteiger partial charge in [-0.3, -0.25) is 0 Å². The lowest BCUT2D eigenvalue weighted by molar-refractivity contribution is 0.0466. The van der Waals surface area contributed by atoms with Gasteiger partial charge >= 0.3 is 0 Å². The van der Waals surface area contributed by atoms with Crippen LogP contribution in [-0.4, -0.2) is 24.4 Å². The summed E-state index contributed by atoms with van der Waals surface area (Å²) in [5.41, 5.74) is 0. The number of aliphatic hydroxyl groups excluding tert-OH is 1. The Morgan fingerprint density at radius 3 is 2.69 bits per heavy atom. The molecule has 0 unspecified atom stereocenters. The Hall–Kier alpha value is -1.48. The van der Waals surface area contributed by atoms with Gasteiger partial charge in [-0.25, -0.2) is 0 Å². The highest BCUT2D eigenvalue weighted by Crippen LogP contribution is 2.12. The van der Waals surface area contributed by atoms with Gasteiger partial charge in [0.25, 0.3) is 0 Å². The molecular formula is C14H16O2. The Balaban J connectivity index is 2.26. The highest BCUT2D eigenvalue weighted by Gasteiger charge is 2.08. The van der Waals surface area contributed by atoms with Gasteiger partial charge in [0, 0.05) is 6.61 Å². The minimum absolute atomic E-state index is 0.0149. The van der Waals surface area contributed by atoms with Gasteiger partial charge in [-0.1, -0.05) is 17.9 Å². The van der Waals surface area contributed by atoms with Gasteiger partial charge in [0.2, 0.25) is 0 Å². The molecule has 16 heavy (non-hydrogen) atoms. The molecular weight excluding hydrogens is 200 g/mol. The summed E-state index contributed by atoms with van der Waals surface area (Å²) in [6.07, 6.45) is 10.6. The average molecular weight is 216 g/mol. The summed E-state index contributed by atoms with van der Waals surface area (Å²) in [6, 6.07) is 0. The second-order valence-corrected chi connectivity index (χ2v) is 3.39. The highest BCUT2D eigenvalue weighted by atomic mass is 16.5. The number of aliphatic hydroxyl groups is 1. The Morgan fingerprint density at radius 1 is 1.19 bits per heavy atom. The molecule has 0 aliphatic carbocycles. The summed E-state index contributed by atoms with van der Waals surface area (Å²) in [6.45, 7) is 0.870. The smallest absolute Gasteiger partial charge is 0.0764 e. The first-order valence-corrected chi connectivity index (χ1v) is 5.48. The van der Waals surface area contributed by atoms with E-state index in [-0.39, 0.29) is 12.7 Å². The van der Waals surface area contributed by atoms with Gasteiger partial charge in [0.15, 0.2) is 0 Å². The lowest BCUT2D eigenvalue weighted by Gasteiger charge is -2.18. The third-order valence-corrected chi connectivity index (χ3v) is 2.12. The van der Waals surface area contributed by atoms with Crippen molar-refractivity contribution in [3.8, 4) is 23.7 Å². The maximum atomic E-state index is 8.44. The van der Waals surface area contributed by atoms with Crippen LogP contribution in [0.4, 0.5) is 0 Å². The first-order chi connectivity index (χ1) is 7.93. The molecule has 0 amide bonds. The summed E-state index contributed by atoms with van der Waals surface area (Å²) in [4.78, 5) is 0. The number of ether oxygens (including phenoxy) is 1. The van der Waals surface area contributed by atoms with Crippen LogP contribution >= 0.6 is 0 Å². The molecule has 0 bridgehead atoms. The van der Waals surface area contributed by atoms with E-state index < -0.39 is 0 Å². The van der Waals surface area contributed by atoms with Crippen molar-refractivity contribution < 1.29 is 9.84 Å². The molecule has 0 spiro atoms. The molecule has 1 fully saturated rings. The fourth-order valence-corrected chi connectivity index (χ4v) is 1.34. The Bertz CT molecular complexity index is 352. The van der Waals surface area contributed by atoms with E-state index in [9.17, 15) is 0 Å². The van der Waals surface area contributed by atoms with Crippen LogP contribution in [-0.2, 0) is 4.74 Å². The van der Waals surface area contributed by atoms with Crippen molar-refractivity contribution in [2.75, 3.05) is 13.2 Å². The molecule has 0 aromatic heterocycles. The minimum atomic E-state index is 0.0149. The molecule has 1 aliphatic heterocycles. The largest absolute Gasteiger partial charge is 0.392 e. The van der Waals surface area contributed by atoms with E-state index in [1.807, 2.05) is 6.08 Å². The molecule has 0 aromatic carbocycles. The predicted molar refractivity (Wildman–Crippen MR) is 64.5 cm³/mol. The van der Waals surface area contributed by atoms with Crippen LogP contribution in [0.15, 0.2) is 24.3 Å². The molecule has 1 rings (SSSR count). The average Bonchev–Trinajstić information content (AvgIpc) is 2.34. The molecule has 1 aliphatic rings. The maximum absolute atomic E-state index is 8.44. The van der Waals surface area contributed by atoms with E-state index in [2.05, 4.69) is 23.7 Å². The van der Waals surface area contributed by atoms with Crippen molar-refractivity contribution in [3.05, 3.63) is 24.3 Å². The van der Waals surface area contributed by atoms with Crippen LogP contribution < -0.4 is 0 Å². The van der Waals surface area contributed by atoms with Crippen LogP contribution in [0.25, 0.3) is 0 Å². The topological polar surface area (TPSA) is 29.5 Å². The number of hydrogen-bond donors (Lipinski definition) is 1. The van der Waals surface area contributed by atoms with Gasteiger partial charge in [-0.05, 0) is 49.3 Å². The molecule has 2 nitrogen and oxygen atoms in total. The summed E-state index contributed by atoms with van der Waals surface area (Å²) < 4.78 is 5.51. The molecule has 0 saturated carbocycles. The van der Waals surface area contributed by atoms with E-state index in [4.69, 9.17) is 9.84 Å². The van der Waals surface area contributed by atoms with Gasteiger partial charge in [-0.2, -0.15) is 0 Å². The third-order valence-electron chi connectivity index (χ3n) is 2.12. The summed E-state index contributed by atoms with van der Waals surface area (Å²) in [5.74, 6) is 10.9. The molecule has 0 radical (unpaired) electrons. The maximum Gasteiger partial charge on any atom is 0.0764 e. The Kier molecular flexibility index (Phi) is 6.92. The minimum Gasteiger partial charge on any atom is -0.392 e. The predicted octanol–water partition coefficient (Wildman–Crippen LogP) is 1.67. The summed E-state index contributed by atoms with van der Waals surface area (Å²) in [7, 11) is 0. The zero-order valence-electron chi connectivity index (χ0n) is 9.28. The van der Waals surface area contributed by atoms with Gasteiger partial charge in [0.05, 0.1) is 12.7 Å². The normalized spacial score (nSPS) is 20.2. The van der Waals surface area contributed by atoms with Gasteiger partial charge in [-0.15, -0.1) is 0 Å². The van der Waals surface area contributed by atoms with Crippen LogP contribution in [0.3, 0.4) is 0 Å². The number of hydrogen-bond acceptors (Lipinski definition) is 2. The van der Waals surface area contributed by atoms with Crippen molar-refractivity contribution in [1.82, 2.24) is 0 Å². The monoisotopic (exact) mass is 216 g/mol. The SMILES string of the molecule is OCC=CC#CC#CC=C[C@@H]1CCCCO1. The van der Waals surface area contributed by atoms with Crippen LogP contribution in [0.1, 0.15) is 19.3 Å². The fourth-order valence-electron chi connectivity index (χ4n) is 1.34. The van der Waals surface area contributed by atoms with E-state index in [0.717, 1.165) is 13.0 Å². The Labute approximate surface area is 97.0 Å². The third kappa shape index (κ3) is 6.09. The summed E-state index contributed by atoms with van der Waals surface area (Å²) in [5, 5.41) is 8.44. The zero-order valence-corrected chi connectivity index (χ0v) is 9.28. The molecule has 84 valence electrons. The first-order valence-electron chi connectivity index (χ1n) is 5.48. The van der Waals surface area contributed by atoms with Crippen molar-refractivity contribution in [1.29, 1.82) is 0 Å². The number of rotatable bonds is 2. The molecule has 1 N–H and O–H groups in total. The van der Waals surface area contributed by atoms with Crippen LogP contribution in [0, 0.1) is 23.7 Å². The second-order valence-electron chi connectivity index (χ2n) is 3.39. The van der Waals surface area contributed by atoms with Crippen LogP contribution in [0.2, 0.25) is 0 Å².